The number of carboxylic acid groups (broad SMARTS) is 1. The van der Waals surface area contributed by atoms with Crippen LogP contribution in [0.3, 0.4) is 0 Å². The number of carboxylic acids is 1. The Morgan fingerprint density at radius 1 is 1.03 bits per heavy atom. The van der Waals surface area contributed by atoms with E-state index in [0.29, 0.717) is 26.1 Å². The third-order valence-electron chi connectivity index (χ3n) is 7.09. The number of nitrogens with one attached hydrogen (secondary N) is 2. The van der Waals surface area contributed by atoms with Crippen LogP contribution in [0.4, 0.5) is 19.3 Å². The van der Waals surface area contributed by atoms with Crippen molar-refractivity contribution >= 4 is 29.5 Å². The van der Waals surface area contributed by atoms with E-state index in [9.17, 15) is 33.1 Å². The van der Waals surface area contributed by atoms with Crippen LogP contribution in [0.2, 0.25) is 0 Å². The number of anilines is 1. The van der Waals surface area contributed by atoms with Crippen LogP contribution < -0.4 is 15.5 Å². The second kappa shape index (κ2) is 11.0. The largest absolute Gasteiger partial charge is 0.480 e. The third kappa shape index (κ3) is 5.11. The van der Waals surface area contributed by atoms with Crippen molar-refractivity contribution in [3.63, 3.8) is 0 Å². The SMILES string of the molecule is CCN1CN(c2ccccc2)C2(CCN(C(=O)NCC(NC(=O)c3c(F)cccc3F)C(=O)O)CC2)C1=O. The fourth-order valence-corrected chi connectivity index (χ4v) is 4.97. The third-order valence-corrected chi connectivity index (χ3v) is 7.09. The molecule has 1 unspecified atom stereocenters. The zero-order valence-corrected chi connectivity index (χ0v) is 20.8. The molecule has 2 fully saturated rings. The monoisotopic (exact) mass is 529 g/mol. The number of amides is 4. The molecule has 2 aromatic rings. The zero-order valence-electron chi connectivity index (χ0n) is 20.8. The molecule has 2 aliphatic heterocycles. The normalized spacial score (nSPS) is 17.4. The minimum absolute atomic E-state index is 0.0120. The number of nitrogens with zero attached hydrogens (tertiary/aromatic N) is 3. The Balaban J connectivity index is 1.38. The smallest absolute Gasteiger partial charge is 0.328 e. The summed E-state index contributed by atoms with van der Waals surface area (Å²) in [6, 6.07) is 10.3. The van der Waals surface area contributed by atoms with Crippen LogP contribution in [0.25, 0.3) is 0 Å². The van der Waals surface area contributed by atoms with E-state index in [4.69, 9.17) is 0 Å². The first-order valence-electron chi connectivity index (χ1n) is 12.3. The van der Waals surface area contributed by atoms with Gasteiger partial charge in [-0.1, -0.05) is 24.3 Å². The Labute approximate surface area is 218 Å². The summed E-state index contributed by atoms with van der Waals surface area (Å²) in [6.45, 7) is 2.94. The molecular weight excluding hydrogens is 500 g/mol. The molecule has 2 heterocycles. The van der Waals surface area contributed by atoms with Gasteiger partial charge in [-0.25, -0.2) is 18.4 Å². The van der Waals surface area contributed by atoms with Gasteiger partial charge in [0.25, 0.3) is 5.91 Å². The molecule has 0 radical (unpaired) electrons. The van der Waals surface area contributed by atoms with E-state index >= 15 is 0 Å². The van der Waals surface area contributed by atoms with Crippen molar-refractivity contribution in [1.82, 2.24) is 20.4 Å². The van der Waals surface area contributed by atoms with Crippen molar-refractivity contribution in [3.8, 4) is 0 Å². The van der Waals surface area contributed by atoms with Crippen LogP contribution in [0, 0.1) is 11.6 Å². The number of aliphatic carboxylic acids is 1. The second-order valence-corrected chi connectivity index (χ2v) is 9.23. The topological polar surface area (TPSA) is 122 Å². The van der Waals surface area contributed by atoms with Crippen molar-refractivity contribution in [1.29, 1.82) is 0 Å². The van der Waals surface area contributed by atoms with E-state index in [1.54, 1.807) is 4.90 Å². The number of hydrogen-bond donors (Lipinski definition) is 3. The number of carbonyl (C=O) groups excluding carboxylic acids is 3. The van der Waals surface area contributed by atoms with Crippen LogP contribution in [-0.2, 0) is 9.59 Å². The average Bonchev–Trinajstić information content (AvgIpc) is 3.17. The van der Waals surface area contributed by atoms with Gasteiger partial charge in [-0.3, -0.25) is 9.59 Å². The number of urea groups is 1. The fraction of sp³-hybridized carbons (Fsp3) is 0.385. The van der Waals surface area contributed by atoms with Crippen molar-refractivity contribution in [2.45, 2.75) is 31.3 Å². The zero-order chi connectivity index (χ0) is 27.4. The molecule has 0 bridgehead atoms. The van der Waals surface area contributed by atoms with Gasteiger partial charge in [0.15, 0.2) is 0 Å². The van der Waals surface area contributed by atoms with Crippen LogP contribution in [0.5, 0.6) is 0 Å². The first kappa shape index (κ1) is 26.8. The quantitative estimate of drug-likeness (QED) is 0.505. The van der Waals surface area contributed by atoms with E-state index < -0.39 is 53.2 Å². The average molecular weight is 530 g/mol. The van der Waals surface area contributed by atoms with E-state index in [-0.39, 0.29) is 19.0 Å². The highest BCUT2D eigenvalue weighted by Gasteiger charge is 2.53. The Kier molecular flexibility index (Phi) is 7.79. The molecule has 38 heavy (non-hydrogen) atoms. The lowest BCUT2D eigenvalue weighted by atomic mass is 9.85. The summed E-state index contributed by atoms with van der Waals surface area (Å²) in [6.07, 6.45) is 0.770. The van der Waals surface area contributed by atoms with E-state index in [2.05, 4.69) is 10.2 Å². The molecule has 0 saturated carbocycles. The van der Waals surface area contributed by atoms with Gasteiger partial charge < -0.3 is 30.4 Å². The lowest BCUT2D eigenvalue weighted by Gasteiger charge is -2.43. The summed E-state index contributed by atoms with van der Waals surface area (Å²) in [4.78, 5) is 55.4. The number of para-hydroxylation sites is 1. The number of halogens is 2. The molecule has 202 valence electrons. The standard InChI is InChI=1S/C26H29F2N5O5/c1-2-31-16-33(17-7-4-3-5-8-17)26(24(31)37)11-13-32(14-12-26)25(38)29-15-20(23(35)36)30-22(34)21-18(27)9-6-10-19(21)28/h3-10,20H,2,11-16H2,1H3,(H,29,38)(H,30,34)(H,35,36). The summed E-state index contributed by atoms with van der Waals surface area (Å²) in [5.41, 5.74) is -0.770. The van der Waals surface area contributed by atoms with Crippen LogP contribution in [-0.4, -0.2) is 83.1 Å². The first-order valence-corrected chi connectivity index (χ1v) is 12.3. The molecule has 10 nitrogen and oxygen atoms in total. The van der Waals surface area contributed by atoms with Gasteiger partial charge in [0.1, 0.15) is 28.8 Å². The first-order chi connectivity index (χ1) is 18.2. The number of likely N-dealkylation sites (tertiary alicyclic amines) is 1. The second-order valence-electron chi connectivity index (χ2n) is 9.23. The molecule has 3 N–H and O–H groups in total. The summed E-state index contributed by atoms with van der Waals surface area (Å²) >= 11 is 0. The van der Waals surface area contributed by atoms with Gasteiger partial charge >= 0.3 is 12.0 Å². The molecule has 0 aromatic heterocycles. The van der Waals surface area contributed by atoms with Crippen LogP contribution >= 0.6 is 0 Å². The van der Waals surface area contributed by atoms with E-state index in [1.807, 2.05) is 42.6 Å². The van der Waals surface area contributed by atoms with Crippen LogP contribution in [0.15, 0.2) is 48.5 Å². The van der Waals surface area contributed by atoms with Crippen molar-refractivity contribution in [2.75, 3.05) is 37.7 Å². The summed E-state index contributed by atoms with van der Waals surface area (Å²) < 4.78 is 27.8. The fourth-order valence-electron chi connectivity index (χ4n) is 4.97. The van der Waals surface area contributed by atoms with Crippen molar-refractivity contribution < 1.29 is 33.1 Å². The van der Waals surface area contributed by atoms with Gasteiger partial charge in [-0.15, -0.1) is 0 Å². The van der Waals surface area contributed by atoms with Gasteiger partial charge in [0.2, 0.25) is 5.91 Å². The van der Waals surface area contributed by atoms with E-state index in [1.165, 1.54) is 4.90 Å². The highest BCUT2D eigenvalue weighted by molar-refractivity contribution is 5.97. The predicted molar refractivity (Wildman–Crippen MR) is 133 cm³/mol. The van der Waals surface area contributed by atoms with Crippen molar-refractivity contribution in [2.24, 2.45) is 0 Å². The van der Waals surface area contributed by atoms with Gasteiger partial charge in [0, 0.05) is 25.3 Å². The Bertz CT molecular complexity index is 1200. The highest BCUT2D eigenvalue weighted by atomic mass is 19.1. The number of hydrogen-bond acceptors (Lipinski definition) is 5. The van der Waals surface area contributed by atoms with Crippen LogP contribution in [0.1, 0.15) is 30.1 Å². The minimum Gasteiger partial charge on any atom is -0.480 e. The van der Waals surface area contributed by atoms with Gasteiger partial charge in [-0.2, -0.15) is 0 Å². The van der Waals surface area contributed by atoms with Gasteiger partial charge in [0.05, 0.1) is 13.2 Å². The Hall–Kier alpha value is -4.22. The lowest BCUT2D eigenvalue weighted by molar-refractivity contribution is -0.139. The maximum Gasteiger partial charge on any atom is 0.328 e. The van der Waals surface area contributed by atoms with Crippen molar-refractivity contribution in [3.05, 3.63) is 65.7 Å². The molecule has 4 rings (SSSR count). The number of piperidine rings is 1. The molecule has 0 aliphatic carbocycles. The minimum atomic E-state index is -1.62. The maximum atomic E-state index is 13.9. The number of likely N-dealkylation sites (N-methyl/N-ethyl adjacent to an activating group) is 1. The summed E-state index contributed by atoms with van der Waals surface area (Å²) in [5, 5.41) is 14.0. The Morgan fingerprint density at radius 2 is 1.66 bits per heavy atom. The summed E-state index contributed by atoms with van der Waals surface area (Å²) in [5.74, 6) is -4.99. The molecular formula is C26H29F2N5O5. The maximum absolute atomic E-state index is 13.9. The molecule has 1 atom stereocenters. The molecule has 2 saturated heterocycles. The van der Waals surface area contributed by atoms with Gasteiger partial charge in [-0.05, 0) is 44.0 Å². The Morgan fingerprint density at radius 3 is 2.24 bits per heavy atom. The number of carbonyl (C=O) groups is 4. The molecule has 2 aromatic carbocycles. The lowest BCUT2D eigenvalue weighted by Crippen LogP contribution is -2.59. The molecule has 1 spiro atoms. The highest BCUT2D eigenvalue weighted by Crippen LogP contribution is 2.39. The molecule has 4 amide bonds. The van der Waals surface area contributed by atoms with E-state index in [0.717, 1.165) is 23.9 Å². The summed E-state index contributed by atoms with van der Waals surface area (Å²) in [7, 11) is 0. The number of benzene rings is 2. The number of rotatable bonds is 7. The molecule has 12 heteroatoms. The molecule has 2 aliphatic rings. The predicted octanol–water partition coefficient (Wildman–Crippen LogP) is 2.02.